The smallest absolute Gasteiger partial charge is 0.224 e. The van der Waals surface area contributed by atoms with Gasteiger partial charge in [0.25, 0.3) is 0 Å². The van der Waals surface area contributed by atoms with Crippen molar-refractivity contribution >= 4 is 27.3 Å². The molecule has 8 nitrogen and oxygen atoms in total. The van der Waals surface area contributed by atoms with Crippen LogP contribution in [0.15, 0.2) is 30.5 Å². The summed E-state index contributed by atoms with van der Waals surface area (Å²) in [6.45, 7) is 5.94. The van der Waals surface area contributed by atoms with Crippen molar-refractivity contribution in [2.24, 2.45) is 5.92 Å². The standard InChI is InChI=1S/C25H34N6O2S/c1-33-21-10-8-19(9-11-21)22-18-31-24(27-22)34-25(28-31)30-16-5-7-20(17-30)23(32)26-12-6-15-29-13-3-2-4-14-29/h8-11,18,20H,2-7,12-17H2,1H3,(H,26,32)/t20-/m0/s1. The molecule has 5 rings (SSSR count). The Morgan fingerprint density at radius 3 is 2.74 bits per heavy atom. The number of ether oxygens (including phenoxy) is 1. The Bertz CT molecular complexity index is 1060. The fraction of sp³-hybridized carbons (Fsp3) is 0.560. The molecule has 0 saturated carbocycles. The highest BCUT2D eigenvalue weighted by Crippen LogP contribution is 2.30. The fourth-order valence-electron chi connectivity index (χ4n) is 4.92. The van der Waals surface area contributed by atoms with Gasteiger partial charge < -0.3 is 19.9 Å². The van der Waals surface area contributed by atoms with Crippen LogP contribution in [0.3, 0.4) is 0 Å². The number of hydrogen-bond acceptors (Lipinski definition) is 7. The molecule has 2 saturated heterocycles. The van der Waals surface area contributed by atoms with Crippen LogP contribution in [0.1, 0.15) is 38.5 Å². The molecule has 0 aliphatic carbocycles. The Labute approximate surface area is 204 Å². The third-order valence-corrected chi connectivity index (χ3v) is 7.86. The summed E-state index contributed by atoms with van der Waals surface area (Å²) in [4.78, 5) is 23.2. The second-order valence-corrected chi connectivity index (χ2v) is 10.2. The molecule has 0 radical (unpaired) electrons. The number of methoxy groups -OCH3 is 1. The maximum Gasteiger partial charge on any atom is 0.224 e. The summed E-state index contributed by atoms with van der Waals surface area (Å²) in [5.41, 5.74) is 1.93. The molecule has 1 aromatic carbocycles. The molecule has 34 heavy (non-hydrogen) atoms. The molecule has 2 aliphatic heterocycles. The summed E-state index contributed by atoms with van der Waals surface area (Å²) in [6, 6.07) is 7.89. The maximum atomic E-state index is 12.8. The number of piperidine rings is 2. The van der Waals surface area contributed by atoms with Gasteiger partial charge in [-0.15, -0.1) is 5.10 Å². The predicted octanol–water partition coefficient (Wildman–Crippen LogP) is 3.68. The van der Waals surface area contributed by atoms with E-state index in [2.05, 4.69) is 15.1 Å². The van der Waals surface area contributed by atoms with Gasteiger partial charge in [0.05, 0.1) is 24.9 Å². The average molecular weight is 483 g/mol. The third-order valence-electron chi connectivity index (χ3n) is 6.88. The highest BCUT2D eigenvalue weighted by molar-refractivity contribution is 7.20. The van der Waals surface area contributed by atoms with Crippen LogP contribution >= 0.6 is 11.3 Å². The Morgan fingerprint density at radius 1 is 1.15 bits per heavy atom. The number of nitrogens with zero attached hydrogens (tertiary/aromatic N) is 5. The van der Waals surface area contributed by atoms with E-state index in [0.717, 1.165) is 72.5 Å². The van der Waals surface area contributed by atoms with Crippen molar-refractivity contribution in [2.75, 3.05) is 51.3 Å². The van der Waals surface area contributed by atoms with Crippen molar-refractivity contribution in [1.29, 1.82) is 0 Å². The first-order valence-electron chi connectivity index (χ1n) is 12.5. The van der Waals surface area contributed by atoms with Crippen molar-refractivity contribution in [1.82, 2.24) is 24.8 Å². The van der Waals surface area contributed by atoms with Crippen LogP contribution in [0.5, 0.6) is 5.75 Å². The largest absolute Gasteiger partial charge is 0.497 e. The Balaban J connectivity index is 1.15. The van der Waals surface area contributed by atoms with E-state index in [-0.39, 0.29) is 11.8 Å². The van der Waals surface area contributed by atoms with Crippen LogP contribution in [-0.2, 0) is 4.79 Å². The molecule has 2 fully saturated rings. The van der Waals surface area contributed by atoms with E-state index >= 15 is 0 Å². The first-order valence-corrected chi connectivity index (χ1v) is 13.3. The second-order valence-electron chi connectivity index (χ2n) is 9.30. The van der Waals surface area contributed by atoms with Crippen molar-refractivity contribution in [2.45, 2.75) is 38.5 Å². The number of likely N-dealkylation sites (tertiary alicyclic amines) is 1. The number of imidazole rings is 1. The third kappa shape index (κ3) is 5.36. The number of rotatable bonds is 8. The second kappa shape index (κ2) is 10.7. The topological polar surface area (TPSA) is 75.0 Å². The lowest BCUT2D eigenvalue weighted by Crippen LogP contribution is -2.43. The summed E-state index contributed by atoms with van der Waals surface area (Å²) < 4.78 is 7.09. The lowest BCUT2D eigenvalue weighted by Gasteiger charge is -2.31. The molecule has 2 aliphatic rings. The van der Waals surface area contributed by atoms with Crippen LogP contribution in [0.25, 0.3) is 16.2 Å². The number of anilines is 1. The molecule has 0 unspecified atom stereocenters. The maximum absolute atomic E-state index is 12.8. The molecule has 9 heteroatoms. The minimum absolute atomic E-state index is 0.0230. The van der Waals surface area contributed by atoms with Gasteiger partial charge in [0.2, 0.25) is 16.0 Å². The van der Waals surface area contributed by atoms with Crippen molar-refractivity contribution < 1.29 is 9.53 Å². The molecule has 1 N–H and O–H groups in total. The normalized spacial score (nSPS) is 19.4. The van der Waals surface area contributed by atoms with Crippen LogP contribution in [0.4, 0.5) is 5.13 Å². The molecule has 1 atom stereocenters. The highest BCUT2D eigenvalue weighted by atomic mass is 32.1. The zero-order valence-electron chi connectivity index (χ0n) is 19.9. The average Bonchev–Trinajstić information content (AvgIpc) is 3.47. The first-order chi connectivity index (χ1) is 16.7. The molecule has 1 amide bonds. The van der Waals surface area contributed by atoms with E-state index in [1.165, 1.54) is 32.4 Å². The van der Waals surface area contributed by atoms with Crippen LogP contribution in [0, 0.1) is 5.92 Å². The first kappa shape index (κ1) is 23.1. The Hall–Kier alpha value is -2.65. The molecule has 2 aromatic heterocycles. The number of carbonyl (C=O) groups is 1. The van der Waals surface area contributed by atoms with Gasteiger partial charge in [0, 0.05) is 25.2 Å². The molecular formula is C25H34N6O2S. The molecule has 0 spiro atoms. The zero-order chi connectivity index (χ0) is 23.3. The summed E-state index contributed by atoms with van der Waals surface area (Å²) >= 11 is 1.58. The van der Waals surface area contributed by atoms with Crippen LogP contribution < -0.4 is 15.0 Å². The summed E-state index contributed by atoms with van der Waals surface area (Å²) in [7, 11) is 1.67. The van der Waals surface area contributed by atoms with Gasteiger partial charge in [-0.2, -0.15) is 0 Å². The SMILES string of the molecule is COc1ccc(-c2cn3nc(N4CCC[C@H](C(=O)NCCCN5CCCCC5)C4)sc3n2)cc1. The van der Waals surface area contributed by atoms with Crippen LogP contribution in [0.2, 0.25) is 0 Å². The number of nitrogens with one attached hydrogen (secondary N) is 1. The fourth-order valence-corrected chi connectivity index (χ4v) is 5.84. The lowest BCUT2D eigenvalue weighted by atomic mass is 9.97. The van der Waals surface area contributed by atoms with Gasteiger partial charge in [0.15, 0.2) is 0 Å². The van der Waals surface area contributed by atoms with E-state index in [1.54, 1.807) is 18.4 Å². The van der Waals surface area contributed by atoms with Gasteiger partial charge >= 0.3 is 0 Å². The van der Waals surface area contributed by atoms with Crippen LogP contribution in [-0.4, -0.2) is 71.8 Å². The molecule has 182 valence electrons. The van der Waals surface area contributed by atoms with Gasteiger partial charge in [-0.25, -0.2) is 9.50 Å². The van der Waals surface area contributed by atoms with Crippen molar-refractivity contribution in [3.05, 3.63) is 30.5 Å². The van der Waals surface area contributed by atoms with E-state index in [4.69, 9.17) is 14.8 Å². The number of hydrogen-bond donors (Lipinski definition) is 1. The lowest BCUT2D eigenvalue weighted by molar-refractivity contribution is -0.125. The highest BCUT2D eigenvalue weighted by Gasteiger charge is 2.28. The Morgan fingerprint density at radius 2 is 1.97 bits per heavy atom. The Kier molecular flexibility index (Phi) is 7.30. The quantitative estimate of drug-likeness (QED) is 0.494. The molecule has 0 bridgehead atoms. The molecule has 3 aromatic rings. The van der Waals surface area contributed by atoms with E-state index < -0.39 is 0 Å². The minimum atomic E-state index is 0.0230. The number of fused-ring (bicyclic) bond motifs is 1. The van der Waals surface area contributed by atoms with E-state index in [1.807, 2.05) is 35.0 Å². The van der Waals surface area contributed by atoms with E-state index in [0.29, 0.717) is 0 Å². The number of aromatic nitrogens is 3. The predicted molar refractivity (Wildman–Crippen MR) is 136 cm³/mol. The minimum Gasteiger partial charge on any atom is -0.497 e. The number of carbonyl (C=O) groups excluding carboxylic acids is 1. The number of amides is 1. The van der Waals surface area contributed by atoms with Gasteiger partial charge in [-0.05, 0) is 76.0 Å². The van der Waals surface area contributed by atoms with Gasteiger partial charge in [-0.3, -0.25) is 4.79 Å². The van der Waals surface area contributed by atoms with E-state index in [9.17, 15) is 4.79 Å². The summed E-state index contributed by atoms with van der Waals surface area (Å²) in [6.07, 6.45) is 8.93. The summed E-state index contributed by atoms with van der Waals surface area (Å²) in [5.74, 6) is 1.04. The molecule has 4 heterocycles. The molecular weight excluding hydrogens is 448 g/mol. The number of benzene rings is 1. The summed E-state index contributed by atoms with van der Waals surface area (Å²) in [5, 5.41) is 8.89. The monoisotopic (exact) mass is 482 g/mol. The van der Waals surface area contributed by atoms with Gasteiger partial charge in [-0.1, -0.05) is 17.8 Å². The van der Waals surface area contributed by atoms with Crippen molar-refractivity contribution in [3.63, 3.8) is 0 Å². The van der Waals surface area contributed by atoms with Crippen molar-refractivity contribution in [3.8, 4) is 17.0 Å². The van der Waals surface area contributed by atoms with Gasteiger partial charge in [0.1, 0.15) is 5.75 Å². The zero-order valence-corrected chi connectivity index (χ0v) is 20.7.